The lowest BCUT2D eigenvalue weighted by molar-refractivity contribution is 0.0734. The van der Waals surface area contributed by atoms with Gasteiger partial charge in [-0.2, -0.15) is 5.10 Å². The van der Waals surface area contributed by atoms with E-state index in [9.17, 15) is 18.0 Å². The van der Waals surface area contributed by atoms with Crippen molar-refractivity contribution in [1.82, 2.24) is 5.43 Å². The van der Waals surface area contributed by atoms with Gasteiger partial charge < -0.3 is 9.47 Å². The van der Waals surface area contributed by atoms with Gasteiger partial charge in [0.2, 0.25) is 0 Å². The van der Waals surface area contributed by atoms with Gasteiger partial charge in [-0.1, -0.05) is 31.5 Å². The van der Waals surface area contributed by atoms with Crippen molar-refractivity contribution in [3.63, 3.8) is 0 Å². The van der Waals surface area contributed by atoms with Crippen LogP contribution in [0.15, 0.2) is 113 Å². The molecule has 4 rings (SSSR count). The highest BCUT2D eigenvalue weighted by atomic mass is 32.2. The van der Waals surface area contributed by atoms with Gasteiger partial charge in [0.15, 0.2) is 0 Å². The Morgan fingerprint density at radius 2 is 1.44 bits per heavy atom. The number of hydrogen-bond acceptors (Lipinski definition) is 7. The predicted molar refractivity (Wildman–Crippen MR) is 157 cm³/mol. The molecule has 0 saturated carbocycles. The summed E-state index contributed by atoms with van der Waals surface area (Å²) in [5.74, 6) is 0.111. The van der Waals surface area contributed by atoms with Crippen LogP contribution in [0.3, 0.4) is 0 Å². The van der Waals surface area contributed by atoms with E-state index in [4.69, 9.17) is 9.47 Å². The predicted octanol–water partition coefficient (Wildman–Crippen LogP) is 5.65. The highest BCUT2D eigenvalue weighted by molar-refractivity contribution is 7.92. The van der Waals surface area contributed by atoms with E-state index in [1.54, 1.807) is 66.7 Å². The van der Waals surface area contributed by atoms with E-state index >= 15 is 0 Å². The van der Waals surface area contributed by atoms with Crippen molar-refractivity contribution in [3.8, 4) is 11.5 Å². The standard InChI is InChI=1S/C31H29N3O6S/c1-2-3-21-39-27-19-13-25(14-20-27)31(36)40-28-17-9-23(10-18-28)22-32-33-30(35)24-11-15-26(16-12-24)34-41(37,38)29-7-5-4-6-8-29/h4-20,22,34H,2-3,21H2,1H3,(H,33,35). The molecule has 0 aromatic heterocycles. The minimum absolute atomic E-state index is 0.140. The molecule has 41 heavy (non-hydrogen) atoms. The number of hydrogen-bond donors (Lipinski definition) is 2. The zero-order valence-corrected chi connectivity index (χ0v) is 23.1. The van der Waals surface area contributed by atoms with Crippen molar-refractivity contribution in [2.24, 2.45) is 5.10 Å². The Morgan fingerprint density at radius 1 is 0.805 bits per heavy atom. The van der Waals surface area contributed by atoms with Crippen molar-refractivity contribution in [1.29, 1.82) is 0 Å². The van der Waals surface area contributed by atoms with Crippen molar-refractivity contribution < 1.29 is 27.5 Å². The van der Waals surface area contributed by atoms with Crippen LogP contribution in [0.5, 0.6) is 11.5 Å². The Labute approximate surface area is 238 Å². The van der Waals surface area contributed by atoms with Gasteiger partial charge in [0.25, 0.3) is 15.9 Å². The van der Waals surface area contributed by atoms with Crippen LogP contribution in [0.1, 0.15) is 46.0 Å². The average Bonchev–Trinajstić information content (AvgIpc) is 2.99. The second kappa shape index (κ2) is 13.9. The molecular weight excluding hydrogens is 542 g/mol. The minimum Gasteiger partial charge on any atom is -0.494 e. The Kier molecular flexibility index (Phi) is 9.85. The number of amides is 1. The van der Waals surface area contributed by atoms with Gasteiger partial charge in [0.1, 0.15) is 11.5 Å². The van der Waals surface area contributed by atoms with Crippen LogP contribution in [0.25, 0.3) is 0 Å². The number of hydrazone groups is 1. The van der Waals surface area contributed by atoms with Gasteiger partial charge in [-0.05, 0) is 96.9 Å². The fourth-order valence-electron chi connectivity index (χ4n) is 3.54. The Balaban J connectivity index is 1.26. The summed E-state index contributed by atoms with van der Waals surface area (Å²) in [5, 5.41) is 3.96. The molecule has 9 nitrogen and oxygen atoms in total. The van der Waals surface area contributed by atoms with E-state index < -0.39 is 21.9 Å². The number of carbonyl (C=O) groups is 2. The summed E-state index contributed by atoms with van der Waals surface area (Å²) < 4.78 is 38.4. The molecule has 0 saturated heterocycles. The first-order valence-electron chi connectivity index (χ1n) is 12.9. The number of nitrogens with zero attached hydrogens (tertiary/aromatic N) is 1. The first-order valence-corrected chi connectivity index (χ1v) is 14.4. The second-order valence-electron chi connectivity index (χ2n) is 8.88. The van der Waals surface area contributed by atoms with Crippen LogP contribution in [-0.4, -0.2) is 33.1 Å². The fraction of sp³-hybridized carbons (Fsp3) is 0.129. The third-order valence-electron chi connectivity index (χ3n) is 5.78. The number of anilines is 1. The van der Waals surface area contributed by atoms with Crippen LogP contribution in [0.4, 0.5) is 5.69 Å². The van der Waals surface area contributed by atoms with Gasteiger partial charge in [-0.15, -0.1) is 0 Å². The third-order valence-corrected chi connectivity index (χ3v) is 7.18. The molecule has 0 spiro atoms. The maximum absolute atomic E-state index is 12.4. The van der Waals surface area contributed by atoms with E-state index in [1.165, 1.54) is 42.6 Å². The first kappa shape index (κ1) is 29.0. The fourth-order valence-corrected chi connectivity index (χ4v) is 4.62. The van der Waals surface area contributed by atoms with Crippen molar-refractivity contribution in [2.45, 2.75) is 24.7 Å². The topological polar surface area (TPSA) is 123 Å². The number of rotatable bonds is 12. The van der Waals surface area contributed by atoms with Crippen LogP contribution in [0, 0.1) is 0 Å². The van der Waals surface area contributed by atoms with Crippen LogP contribution in [0.2, 0.25) is 0 Å². The number of carbonyl (C=O) groups excluding carboxylic acids is 2. The van der Waals surface area contributed by atoms with Gasteiger partial charge in [0.05, 0.1) is 23.3 Å². The Bertz CT molecular complexity index is 1590. The highest BCUT2D eigenvalue weighted by Crippen LogP contribution is 2.18. The molecule has 0 atom stereocenters. The third kappa shape index (κ3) is 8.51. The second-order valence-corrected chi connectivity index (χ2v) is 10.6. The SMILES string of the molecule is CCCCOc1ccc(C(=O)Oc2ccc(C=NNC(=O)c3ccc(NS(=O)(=O)c4ccccc4)cc3)cc2)cc1. The summed E-state index contributed by atoms with van der Waals surface area (Å²) in [6.07, 6.45) is 3.46. The summed E-state index contributed by atoms with van der Waals surface area (Å²) in [5.41, 5.74) is 4.12. The minimum atomic E-state index is -3.73. The molecule has 0 radical (unpaired) electrons. The summed E-state index contributed by atoms with van der Waals surface area (Å²) >= 11 is 0. The van der Waals surface area contributed by atoms with Gasteiger partial charge in [0, 0.05) is 11.3 Å². The number of benzene rings is 4. The largest absolute Gasteiger partial charge is 0.494 e. The zero-order chi connectivity index (χ0) is 29.1. The molecule has 0 heterocycles. The molecule has 0 aliphatic heterocycles. The molecule has 2 N–H and O–H groups in total. The summed E-state index contributed by atoms with van der Waals surface area (Å²) in [7, 11) is -3.73. The smallest absolute Gasteiger partial charge is 0.343 e. The lowest BCUT2D eigenvalue weighted by atomic mass is 10.2. The maximum atomic E-state index is 12.4. The molecule has 0 aliphatic rings. The van der Waals surface area contributed by atoms with Gasteiger partial charge >= 0.3 is 5.97 Å². The summed E-state index contributed by atoms with van der Waals surface area (Å²) in [6.45, 7) is 2.72. The molecule has 0 aliphatic carbocycles. The molecule has 210 valence electrons. The summed E-state index contributed by atoms with van der Waals surface area (Å²) in [6, 6.07) is 27.4. The lowest BCUT2D eigenvalue weighted by Crippen LogP contribution is -2.18. The van der Waals surface area contributed by atoms with Crippen LogP contribution in [-0.2, 0) is 10.0 Å². The molecule has 1 amide bonds. The van der Waals surface area contributed by atoms with E-state index in [1.807, 2.05) is 0 Å². The van der Waals surface area contributed by atoms with Crippen LogP contribution >= 0.6 is 0 Å². The quantitative estimate of drug-likeness (QED) is 0.0745. The van der Waals surface area contributed by atoms with E-state index in [0.29, 0.717) is 40.5 Å². The van der Waals surface area contributed by atoms with Crippen molar-refractivity contribution >= 4 is 33.8 Å². The first-order chi connectivity index (χ1) is 19.8. The van der Waals surface area contributed by atoms with E-state index in [2.05, 4.69) is 22.2 Å². The van der Waals surface area contributed by atoms with Crippen molar-refractivity contribution in [2.75, 3.05) is 11.3 Å². The molecule has 0 fully saturated rings. The molecule has 4 aromatic rings. The number of ether oxygens (including phenoxy) is 2. The maximum Gasteiger partial charge on any atom is 0.343 e. The molecular formula is C31H29N3O6S. The lowest BCUT2D eigenvalue weighted by Gasteiger charge is -2.08. The van der Waals surface area contributed by atoms with Gasteiger partial charge in [-0.3, -0.25) is 9.52 Å². The normalized spacial score (nSPS) is 11.1. The van der Waals surface area contributed by atoms with E-state index in [0.717, 1.165) is 12.8 Å². The molecule has 0 unspecified atom stereocenters. The Morgan fingerprint density at radius 3 is 2.10 bits per heavy atom. The molecule has 0 bridgehead atoms. The number of esters is 1. The molecule has 10 heteroatoms. The number of nitrogens with one attached hydrogen (secondary N) is 2. The zero-order valence-electron chi connectivity index (χ0n) is 22.3. The average molecular weight is 572 g/mol. The Hall–Kier alpha value is -4.96. The summed E-state index contributed by atoms with van der Waals surface area (Å²) in [4.78, 5) is 25.0. The number of unbranched alkanes of at least 4 members (excludes halogenated alkanes) is 1. The molecule has 4 aromatic carbocycles. The number of sulfonamides is 1. The van der Waals surface area contributed by atoms with Crippen LogP contribution < -0.4 is 19.6 Å². The van der Waals surface area contributed by atoms with Gasteiger partial charge in [-0.25, -0.2) is 18.6 Å². The van der Waals surface area contributed by atoms with Crippen molar-refractivity contribution in [3.05, 3.63) is 120 Å². The van der Waals surface area contributed by atoms with E-state index in [-0.39, 0.29) is 4.90 Å². The monoisotopic (exact) mass is 571 g/mol. The highest BCUT2D eigenvalue weighted by Gasteiger charge is 2.14.